The molecule has 0 aromatic carbocycles. The van der Waals surface area contributed by atoms with Crippen molar-refractivity contribution < 1.29 is 32.3 Å². The monoisotopic (exact) mass is 499 g/mol. The van der Waals surface area contributed by atoms with Crippen LogP contribution in [0, 0.1) is 28.1 Å². The molecular formula is C23H32F3N5O4. The number of hydrogen-bond donors (Lipinski definition) is 3. The van der Waals surface area contributed by atoms with E-state index in [9.17, 15) is 37.6 Å². The van der Waals surface area contributed by atoms with Crippen molar-refractivity contribution in [3.05, 3.63) is 0 Å². The maximum absolute atomic E-state index is 13.5. The van der Waals surface area contributed by atoms with Crippen molar-refractivity contribution in [1.82, 2.24) is 20.9 Å². The van der Waals surface area contributed by atoms with Crippen molar-refractivity contribution in [2.45, 2.75) is 83.6 Å². The number of carbonyl (C=O) groups excluding carboxylic acids is 4. The Balaban J connectivity index is 1.79. The minimum Gasteiger partial charge on any atom is -0.356 e. The van der Waals surface area contributed by atoms with Crippen LogP contribution in [0.25, 0.3) is 0 Å². The molecule has 1 saturated carbocycles. The van der Waals surface area contributed by atoms with E-state index >= 15 is 0 Å². The van der Waals surface area contributed by atoms with Gasteiger partial charge in [0, 0.05) is 19.0 Å². The van der Waals surface area contributed by atoms with E-state index in [1.807, 2.05) is 11.4 Å². The van der Waals surface area contributed by atoms with Gasteiger partial charge in [-0.2, -0.15) is 18.4 Å². The van der Waals surface area contributed by atoms with E-state index in [1.165, 1.54) is 25.7 Å². The van der Waals surface area contributed by atoms with Gasteiger partial charge in [-0.05, 0) is 49.4 Å². The Labute approximate surface area is 202 Å². The zero-order valence-corrected chi connectivity index (χ0v) is 20.1. The minimum atomic E-state index is -5.16. The largest absolute Gasteiger partial charge is 0.471 e. The lowest BCUT2D eigenvalue weighted by Crippen LogP contribution is -2.63. The maximum atomic E-state index is 13.5. The van der Waals surface area contributed by atoms with Gasteiger partial charge >= 0.3 is 12.1 Å². The van der Waals surface area contributed by atoms with Gasteiger partial charge in [-0.1, -0.05) is 20.8 Å². The summed E-state index contributed by atoms with van der Waals surface area (Å²) in [6, 6.07) is -1.45. The smallest absolute Gasteiger partial charge is 0.356 e. The Bertz CT molecular complexity index is 920. The molecule has 0 aromatic heterocycles. The molecule has 2 heterocycles. The van der Waals surface area contributed by atoms with Crippen LogP contribution in [0.15, 0.2) is 0 Å². The highest BCUT2D eigenvalue weighted by atomic mass is 19.4. The molecule has 1 spiro atoms. The first-order chi connectivity index (χ1) is 16.2. The third-order valence-electron chi connectivity index (χ3n) is 7.23. The summed E-state index contributed by atoms with van der Waals surface area (Å²) >= 11 is 0. The molecule has 0 bridgehead atoms. The summed E-state index contributed by atoms with van der Waals surface area (Å²) in [5, 5.41) is 16.7. The molecule has 9 nitrogen and oxygen atoms in total. The van der Waals surface area contributed by atoms with Gasteiger partial charge in [0.05, 0.1) is 6.07 Å². The molecule has 194 valence electrons. The standard InChI is InChI=1S/C23H32F3N5O4/c1-21(2,3)16(30-20(35)23(24,25)26)19(34)31-9-7-22(5-6-22)11-15(31)18(33)29-14(12-27)10-13-4-8-28-17(13)32/h13-16H,4-11H2,1-3H3,(H,28,32)(H,29,33)(H,30,35)/t13-,14-,15-,16+/m0/s1. The number of piperidine rings is 1. The SMILES string of the molecule is CC(C)(C)[C@H](NC(=O)C(F)(F)F)C(=O)N1CCC2(CC2)C[C@H]1C(=O)N[C@H](C#N)C[C@@H]1CCNC1=O. The van der Waals surface area contributed by atoms with E-state index in [4.69, 9.17) is 0 Å². The number of nitriles is 1. The third-order valence-corrected chi connectivity index (χ3v) is 7.23. The third kappa shape index (κ3) is 6.24. The first-order valence-corrected chi connectivity index (χ1v) is 11.8. The number of amides is 4. The Morgan fingerprint density at radius 2 is 1.86 bits per heavy atom. The molecule has 0 radical (unpaired) electrons. The zero-order chi connectivity index (χ0) is 26.2. The van der Waals surface area contributed by atoms with Gasteiger partial charge in [-0.15, -0.1) is 0 Å². The predicted molar refractivity (Wildman–Crippen MR) is 117 cm³/mol. The van der Waals surface area contributed by atoms with E-state index in [2.05, 4.69) is 10.6 Å². The fraction of sp³-hybridized carbons (Fsp3) is 0.783. The van der Waals surface area contributed by atoms with Crippen LogP contribution < -0.4 is 16.0 Å². The fourth-order valence-corrected chi connectivity index (χ4v) is 4.86. The first kappa shape index (κ1) is 26.8. The minimum absolute atomic E-state index is 0.0985. The molecule has 2 saturated heterocycles. The van der Waals surface area contributed by atoms with Crippen molar-refractivity contribution in [1.29, 1.82) is 5.26 Å². The lowest BCUT2D eigenvalue weighted by atomic mass is 9.82. The second-order valence-corrected chi connectivity index (χ2v) is 11.0. The Morgan fingerprint density at radius 3 is 2.34 bits per heavy atom. The Hall–Kier alpha value is -2.84. The average molecular weight is 500 g/mol. The van der Waals surface area contributed by atoms with Crippen LogP contribution in [0.4, 0.5) is 13.2 Å². The summed E-state index contributed by atoms with van der Waals surface area (Å²) in [6.07, 6.45) is -1.77. The number of nitrogens with one attached hydrogen (secondary N) is 3. The summed E-state index contributed by atoms with van der Waals surface area (Å²) < 4.78 is 38.8. The highest BCUT2D eigenvalue weighted by molar-refractivity contribution is 5.94. The maximum Gasteiger partial charge on any atom is 0.471 e. The van der Waals surface area contributed by atoms with Crippen LogP contribution in [-0.4, -0.2) is 65.9 Å². The van der Waals surface area contributed by atoms with E-state index in [0.717, 1.165) is 12.8 Å². The van der Waals surface area contributed by atoms with Gasteiger partial charge in [0.1, 0.15) is 18.1 Å². The van der Waals surface area contributed by atoms with E-state index < -0.39 is 53.4 Å². The Morgan fingerprint density at radius 1 is 1.20 bits per heavy atom. The number of hydrogen-bond acceptors (Lipinski definition) is 5. The Kier molecular flexibility index (Phi) is 7.39. The highest BCUT2D eigenvalue weighted by Crippen LogP contribution is 2.55. The second kappa shape index (κ2) is 9.66. The summed E-state index contributed by atoms with van der Waals surface area (Å²) in [5.41, 5.74) is -1.16. The number of nitrogens with zero attached hydrogens (tertiary/aromatic N) is 2. The van der Waals surface area contributed by atoms with Gasteiger partial charge in [-0.25, -0.2) is 0 Å². The van der Waals surface area contributed by atoms with Crippen LogP contribution >= 0.6 is 0 Å². The number of likely N-dealkylation sites (tertiary alicyclic amines) is 1. The van der Waals surface area contributed by atoms with Crippen molar-refractivity contribution in [3.63, 3.8) is 0 Å². The normalized spacial score (nSPS) is 25.3. The topological polar surface area (TPSA) is 131 Å². The number of rotatable bonds is 6. The van der Waals surface area contributed by atoms with Crippen molar-refractivity contribution in [2.24, 2.45) is 16.7 Å². The molecule has 35 heavy (non-hydrogen) atoms. The van der Waals surface area contributed by atoms with Gasteiger partial charge in [0.2, 0.25) is 17.7 Å². The summed E-state index contributed by atoms with van der Waals surface area (Å²) in [4.78, 5) is 51.5. The molecule has 0 aromatic rings. The molecule has 1 aliphatic carbocycles. The molecule has 0 unspecified atom stereocenters. The summed E-state index contributed by atoms with van der Waals surface area (Å²) in [7, 11) is 0. The number of carbonyl (C=O) groups is 4. The molecule has 3 N–H and O–H groups in total. The second-order valence-electron chi connectivity index (χ2n) is 11.0. The van der Waals surface area contributed by atoms with Gasteiger partial charge < -0.3 is 20.9 Å². The fourth-order valence-electron chi connectivity index (χ4n) is 4.86. The molecule has 2 aliphatic heterocycles. The molecule has 4 amide bonds. The summed E-state index contributed by atoms with van der Waals surface area (Å²) in [5.74, 6) is -4.15. The van der Waals surface area contributed by atoms with Crippen LogP contribution in [0.3, 0.4) is 0 Å². The first-order valence-electron chi connectivity index (χ1n) is 11.8. The van der Waals surface area contributed by atoms with Crippen LogP contribution in [0.2, 0.25) is 0 Å². The van der Waals surface area contributed by atoms with E-state index in [1.54, 1.807) is 0 Å². The summed E-state index contributed by atoms with van der Waals surface area (Å²) in [6.45, 7) is 5.26. The van der Waals surface area contributed by atoms with E-state index in [-0.39, 0.29) is 24.3 Å². The molecule has 3 aliphatic rings. The highest BCUT2D eigenvalue weighted by Gasteiger charge is 2.53. The van der Waals surface area contributed by atoms with Crippen molar-refractivity contribution in [2.75, 3.05) is 13.1 Å². The molecule has 3 fully saturated rings. The lowest BCUT2D eigenvalue weighted by molar-refractivity contribution is -0.176. The van der Waals surface area contributed by atoms with Gasteiger partial charge in [0.15, 0.2) is 0 Å². The van der Waals surface area contributed by atoms with Crippen molar-refractivity contribution in [3.8, 4) is 6.07 Å². The van der Waals surface area contributed by atoms with Crippen LogP contribution in [0.1, 0.15) is 59.3 Å². The zero-order valence-electron chi connectivity index (χ0n) is 20.1. The molecule has 3 rings (SSSR count). The lowest BCUT2D eigenvalue weighted by Gasteiger charge is -2.43. The number of alkyl halides is 3. The quantitative estimate of drug-likeness (QED) is 0.508. The predicted octanol–water partition coefficient (Wildman–Crippen LogP) is 1.39. The van der Waals surface area contributed by atoms with Gasteiger partial charge in [-0.3, -0.25) is 19.2 Å². The van der Waals surface area contributed by atoms with Crippen LogP contribution in [-0.2, 0) is 19.2 Å². The van der Waals surface area contributed by atoms with E-state index in [0.29, 0.717) is 25.8 Å². The van der Waals surface area contributed by atoms with Crippen LogP contribution in [0.5, 0.6) is 0 Å². The molecule has 4 atom stereocenters. The average Bonchev–Trinajstić information content (AvgIpc) is 3.39. The molecule has 12 heteroatoms. The molecular weight excluding hydrogens is 467 g/mol. The van der Waals surface area contributed by atoms with Crippen molar-refractivity contribution >= 4 is 23.6 Å². The van der Waals surface area contributed by atoms with Gasteiger partial charge in [0.25, 0.3) is 0 Å². The number of halogens is 3.